The summed E-state index contributed by atoms with van der Waals surface area (Å²) in [5, 5.41) is 0.576. The number of nitrogens with one attached hydrogen (secondary N) is 1. The zero-order chi connectivity index (χ0) is 23.3. The van der Waals surface area contributed by atoms with Crippen molar-refractivity contribution in [3.63, 3.8) is 0 Å². The van der Waals surface area contributed by atoms with E-state index in [-0.39, 0.29) is 5.56 Å². The molecule has 7 heteroatoms. The molecule has 3 rings (SSSR count). The molecule has 0 radical (unpaired) electrons. The number of fused-ring (bicyclic) bond motifs is 1. The molecule has 0 unspecified atom stereocenters. The molecule has 0 aliphatic rings. The number of H-pyrrole nitrogens is 1. The van der Waals surface area contributed by atoms with Gasteiger partial charge in [0, 0.05) is 24.0 Å². The van der Waals surface area contributed by atoms with Crippen molar-refractivity contribution in [3.8, 4) is 11.3 Å². The van der Waals surface area contributed by atoms with E-state index < -0.39 is 23.4 Å². The van der Waals surface area contributed by atoms with E-state index in [1.165, 1.54) is 12.1 Å². The number of amides is 1. The molecule has 0 fully saturated rings. The second-order valence-corrected chi connectivity index (χ2v) is 7.82. The van der Waals surface area contributed by atoms with Crippen LogP contribution in [-0.4, -0.2) is 34.7 Å². The van der Waals surface area contributed by atoms with Crippen molar-refractivity contribution >= 4 is 22.6 Å². The van der Waals surface area contributed by atoms with E-state index in [0.29, 0.717) is 35.2 Å². The normalized spacial score (nSPS) is 11.7. The first kappa shape index (κ1) is 23.6. The highest BCUT2D eigenvalue weighted by molar-refractivity contribution is 6.46. The number of ketones is 1. The zero-order valence-corrected chi connectivity index (χ0v) is 18.3. The minimum absolute atomic E-state index is 0.198. The summed E-state index contributed by atoms with van der Waals surface area (Å²) in [4.78, 5) is 31.3. The van der Waals surface area contributed by atoms with Crippen molar-refractivity contribution in [2.75, 3.05) is 13.1 Å². The number of alkyl halides is 3. The van der Waals surface area contributed by atoms with E-state index in [4.69, 9.17) is 0 Å². The lowest BCUT2D eigenvalue weighted by atomic mass is 10.00. The third kappa shape index (κ3) is 5.03. The number of benzene rings is 2. The van der Waals surface area contributed by atoms with Crippen LogP contribution >= 0.6 is 0 Å². The van der Waals surface area contributed by atoms with E-state index in [0.717, 1.165) is 37.8 Å². The van der Waals surface area contributed by atoms with Crippen molar-refractivity contribution in [1.82, 2.24) is 9.88 Å². The van der Waals surface area contributed by atoms with Gasteiger partial charge in [-0.15, -0.1) is 0 Å². The van der Waals surface area contributed by atoms with E-state index in [1.54, 1.807) is 29.2 Å². The Hall–Kier alpha value is -3.09. The van der Waals surface area contributed by atoms with Crippen molar-refractivity contribution in [2.45, 2.75) is 45.7 Å². The number of hydrogen-bond donors (Lipinski definition) is 1. The summed E-state index contributed by atoms with van der Waals surface area (Å²) >= 11 is 0. The van der Waals surface area contributed by atoms with Gasteiger partial charge in [-0.25, -0.2) is 0 Å². The van der Waals surface area contributed by atoms with E-state index in [1.807, 2.05) is 13.8 Å². The third-order valence-electron chi connectivity index (χ3n) is 5.48. The van der Waals surface area contributed by atoms with Crippen LogP contribution in [0.3, 0.4) is 0 Å². The lowest BCUT2D eigenvalue weighted by Gasteiger charge is -2.21. The maximum Gasteiger partial charge on any atom is 0.416 e. The number of Topliss-reactive ketones (excluding diaryl/α,β-unsaturated/α-hetero) is 1. The van der Waals surface area contributed by atoms with Gasteiger partial charge in [-0.2, -0.15) is 13.2 Å². The molecule has 0 bridgehead atoms. The average Bonchev–Trinajstić information content (AvgIpc) is 3.17. The van der Waals surface area contributed by atoms with Crippen LogP contribution in [0.15, 0.2) is 48.5 Å². The second kappa shape index (κ2) is 10.0. The minimum Gasteiger partial charge on any atom is -0.354 e. The number of carbonyl (C=O) groups excluding carboxylic acids is 2. The van der Waals surface area contributed by atoms with Crippen LogP contribution in [0, 0.1) is 0 Å². The number of aromatic amines is 1. The van der Waals surface area contributed by atoms with Gasteiger partial charge in [-0.05, 0) is 36.6 Å². The molecule has 1 aromatic heterocycles. The van der Waals surface area contributed by atoms with Gasteiger partial charge in [0.25, 0.3) is 11.7 Å². The van der Waals surface area contributed by atoms with E-state index in [9.17, 15) is 22.8 Å². The fraction of sp³-hybridized carbons (Fsp3) is 0.360. The summed E-state index contributed by atoms with van der Waals surface area (Å²) < 4.78 is 38.9. The summed E-state index contributed by atoms with van der Waals surface area (Å²) in [6, 6.07) is 11.7. The van der Waals surface area contributed by atoms with Crippen LogP contribution in [0.5, 0.6) is 0 Å². The van der Waals surface area contributed by atoms with Crippen molar-refractivity contribution < 1.29 is 22.8 Å². The molecule has 0 aliphatic carbocycles. The summed E-state index contributed by atoms with van der Waals surface area (Å²) in [6.45, 7) is 5.04. The number of carbonyl (C=O) groups is 2. The lowest BCUT2D eigenvalue weighted by Crippen LogP contribution is -2.38. The molecule has 1 N–H and O–H groups in total. The fourth-order valence-corrected chi connectivity index (χ4v) is 3.68. The molecule has 32 heavy (non-hydrogen) atoms. The molecule has 2 aromatic carbocycles. The highest BCUT2D eigenvalue weighted by Crippen LogP contribution is 2.34. The number of nitrogens with zero attached hydrogens (tertiary/aromatic N) is 1. The molecule has 0 aliphatic heterocycles. The SMILES string of the molecule is CCCCN(CCCC)C(=O)C(=O)c1c(-c2ccc(C(F)(F)F)cc2)[nH]c2ccccc12. The molecule has 1 heterocycles. The molecule has 0 spiro atoms. The Morgan fingerprint density at radius 3 is 2.06 bits per heavy atom. The molecule has 0 atom stereocenters. The summed E-state index contributed by atoms with van der Waals surface area (Å²) in [6.07, 6.45) is -1.07. The number of rotatable bonds is 9. The summed E-state index contributed by atoms with van der Waals surface area (Å²) in [5.41, 5.74) is 0.838. The second-order valence-electron chi connectivity index (χ2n) is 7.82. The van der Waals surface area contributed by atoms with Crippen molar-refractivity contribution in [1.29, 1.82) is 0 Å². The van der Waals surface area contributed by atoms with Crippen LogP contribution in [0.1, 0.15) is 55.5 Å². The standard InChI is InChI=1S/C25H27F3N2O2/c1-3-5-15-30(16-6-4-2)24(32)23(31)21-19-9-7-8-10-20(19)29-22(21)17-11-13-18(14-12-17)25(26,27)28/h7-14,29H,3-6,15-16H2,1-2H3. The van der Waals surface area contributed by atoms with Crippen molar-refractivity contribution in [2.24, 2.45) is 0 Å². The molecule has 170 valence electrons. The highest BCUT2D eigenvalue weighted by atomic mass is 19.4. The summed E-state index contributed by atoms with van der Waals surface area (Å²) in [7, 11) is 0. The lowest BCUT2D eigenvalue weighted by molar-refractivity contribution is -0.137. The van der Waals surface area contributed by atoms with Gasteiger partial charge < -0.3 is 9.88 Å². The Bertz CT molecular complexity index is 1080. The Balaban J connectivity index is 2.05. The average molecular weight is 444 g/mol. The number of hydrogen-bond acceptors (Lipinski definition) is 2. The topological polar surface area (TPSA) is 53.2 Å². The fourth-order valence-electron chi connectivity index (χ4n) is 3.68. The van der Waals surface area contributed by atoms with Crippen LogP contribution in [0.4, 0.5) is 13.2 Å². The molecule has 4 nitrogen and oxygen atoms in total. The van der Waals surface area contributed by atoms with Gasteiger partial charge in [0.2, 0.25) is 0 Å². The monoisotopic (exact) mass is 444 g/mol. The van der Waals surface area contributed by atoms with Crippen molar-refractivity contribution in [3.05, 3.63) is 59.7 Å². The predicted octanol–water partition coefficient (Wildman–Crippen LogP) is 6.47. The Morgan fingerprint density at radius 1 is 0.906 bits per heavy atom. The smallest absolute Gasteiger partial charge is 0.354 e. The quantitative estimate of drug-likeness (QED) is 0.304. The molecule has 0 saturated carbocycles. The van der Waals surface area contributed by atoms with Gasteiger partial charge >= 0.3 is 6.18 Å². The molecule has 3 aromatic rings. The predicted molar refractivity (Wildman–Crippen MR) is 119 cm³/mol. The Labute approximate surface area is 185 Å². The van der Waals surface area contributed by atoms with E-state index >= 15 is 0 Å². The number of para-hydroxylation sites is 1. The molecular weight excluding hydrogens is 417 g/mol. The van der Waals surface area contributed by atoms with Crippen LogP contribution in [0.2, 0.25) is 0 Å². The number of unbranched alkanes of at least 4 members (excludes halogenated alkanes) is 2. The Morgan fingerprint density at radius 2 is 1.50 bits per heavy atom. The maximum atomic E-state index is 13.4. The molecule has 0 saturated heterocycles. The zero-order valence-electron chi connectivity index (χ0n) is 18.3. The summed E-state index contributed by atoms with van der Waals surface area (Å²) in [5.74, 6) is -1.23. The Kier molecular flexibility index (Phi) is 7.38. The minimum atomic E-state index is -4.45. The highest BCUT2D eigenvalue weighted by Gasteiger charge is 2.31. The third-order valence-corrected chi connectivity index (χ3v) is 5.48. The first-order chi connectivity index (χ1) is 15.3. The van der Waals surface area contributed by atoms with Crippen LogP contribution < -0.4 is 0 Å². The first-order valence-corrected chi connectivity index (χ1v) is 10.9. The van der Waals surface area contributed by atoms with E-state index in [2.05, 4.69) is 4.98 Å². The van der Waals surface area contributed by atoms with Gasteiger partial charge in [0.05, 0.1) is 16.8 Å². The van der Waals surface area contributed by atoms with Gasteiger partial charge in [0.1, 0.15) is 0 Å². The number of aromatic nitrogens is 1. The maximum absolute atomic E-state index is 13.4. The van der Waals surface area contributed by atoms with Gasteiger partial charge in [-0.1, -0.05) is 57.0 Å². The molecular formula is C25H27F3N2O2. The van der Waals surface area contributed by atoms with Gasteiger partial charge in [0.15, 0.2) is 0 Å². The van der Waals surface area contributed by atoms with Crippen LogP contribution in [0.25, 0.3) is 22.2 Å². The molecule has 1 amide bonds. The number of halogens is 3. The largest absolute Gasteiger partial charge is 0.416 e. The van der Waals surface area contributed by atoms with Gasteiger partial charge in [-0.3, -0.25) is 9.59 Å². The van der Waals surface area contributed by atoms with Crippen LogP contribution in [-0.2, 0) is 11.0 Å². The first-order valence-electron chi connectivity index (χ1n) is 10.9.